The molecule has 0 N–H and O–H groups in total. The lowest BCUT2D eigenvalue weighted by Crippen LogP contribution is -2.49. The quantitative estimate of drug-likeness (QED) is 0.852. The Kier molecular flexibility index (Phi) is 3.92. The topological polar surface area (TPSA) is 58.6 Å². The zero-order valence-electron chi connectivity index (χ0n) is 12.2. The van der Waals surface area contributed by atoms with Gasteiger partial charge in [-0.25, -0.2) is 14.8 Å². The molecule has 3 heterocycles. The Morgan fingerprint density at radius 1 is 1.33 bits per heavy atom. The van der Waals surface area contributed by atoms with Crippen LogP contribution in [-0.2, 0) is 4.74 Å². The van der Waals surface area contributed by atoms with E-state index in [1.54, 1.807) is 22.6 Å². The third-order valence-electron chi connectivity index (χ3n) is 3.64. The minimum absolute atomic E-state index is 0.225. The van der Waals surface area contributed by atoms with Crippen LogP contribution in [0.25, 0.3) is 10.2 Å². The molecular formula is C14H18N4O2S. The van der Waals surface area contributed by atoms with Gasteiger partial charge in [-0.2, -0.15) is 0 Å². The van der Waals surface area contributed by atoms with Crippen molar-refractivity contribution < 1.29 is 9.53 Å². The van der Waals surface area contributed by atoms with Crippen molar-refractivity contribution in [3.63, 3.8) is 0 Å². The molecule has 0 radical (unpaired) electrons. The molecule has 1 amide bonds. The Hall–Kier alpha value is -1.89. The standard InChI is InChI=1S/C14H18N4O2S/c1-3-20-14(19)18-6-4-17(5-7-18)12-11-10(2)8-21-13(11)16-9-15-12/h8-9H,3-7H2,1-2H3. The van der Waals surface area contributed by atoms with E-state index in [0.717, 1.165) is 29.1 Å². The average molecular weight is 306 g/mol. The molecule has 1 saturated heterocycles. The highest BCUT2D eigenvalue weighted by atomic mass is 32.1. The van der Waals surface area contributed by atoms with Gasteiger partial charge in [0.1, 0.15) is 17.0 Å². The summed E-state index contributed by atoms with van der Waals surface area (Å²) in [5.41, 5.74) is 1.21. The molecule has 21 heavy (non-hydrogen) atoms. The summed E-state index contributed by atoms with van der Waals surface area (Å²) in [7, 11) is 0. The summed E-state index contributed by atoms with van der Waals surface area (Å²) >= 11 is 1.64. The number of carbonyl (C=O) groups excluding carboxylic acids is 1. The van der Waals surface area contributed by atoms with Crippen molar-refractivity contribution in [1.29, 1.82) is 0 Å². The lowest BCUT2D eigenvalue weighted by Gasteiger charge is -2.35. The van der Waals surface area contributed by atoms with Gasteiger partial charge in [0, 0.05) is 26.2 Å². The van der Waals surface area contributed by atoms with Gasteiger partial charge < -0.3 is 14.5 Å². The molecule has 0 atom stereocenters. The maximum Gasteiger partial charge on any atom is 0.409 e. The van der Waals surface area contributed by atoms with Crippen LogP contribution in [0.4, 0.5) is 10.6 Å². The van der Waals surface area contributed by atoms with E-state index in [2.05, 4.69) is 27.2 Å². The predicted molar refractivity (Wildman–Crippen MR) is 83.0 cm³/mol. The van der Waals surface area contributed by atoms with Gasteiger partial charge in [-0.1, -0.05) is 0 Å². The summed E-state index contributed by atoms with van der Waals surface area (Å²) in [6.45, 7) is 7.17. The summed E-state index contributed by atoms with van der Waals surface area (Å²) in [5.74, 6) is 0.974. The van der Waals surface area contributed by atoms with E-state index in [0.29, 0.717) is 19.7 Å². The second-order valence-corrected chi connectivity index (χ2v) is 5.83. The van der Waals surface area contributed by atoms with E-state index in [1.807, 2.05) is 6.92 Å². The van der Waals surface area contributed by atoms with Crippen molar-refractivity contribution in [2.75, 3.05) is 37.7 Å². The number of aromatic nitrogens is 2. The van der Waals surface area contributed by atoms with Crippen molar-refractivity contribution in [3.05, 3.63) is 17.3 Å². The minimum Gasteiger partial charge on any atom is -0.450 e. The maximum atomic E-state index is 11.7. The zero-order valence-corrected chi connectivity index (χ0v) is 13.0. The zero-order chi connectivity index (χ0) is 14.8. The Labute approximate surface area is 127 Å². The van der Waals surface area contributed by atoms with Gasteiger partial charge in [-0.15, -0.1) is 11.3 Å². The molecule has 1 aliphatic heterocycles. The smallest absolute Gasteiger partial charge is 0.409 e. The molecule has 0 spiro atoms. The Morgan fingerprint density at radius 3 is 2.81 bits per heavy atom. The number of carbonyl (C=O) groups is 1. The molecule has 3 rings (SSSR count). The van der Waals surface area contributed by atoms with Crippen molar-refractivity contribution >= 4 is 33.5 Å². The Bertz CT molecular complexity index is 649. The van der Waals surface area contributed by atoms with Gasteiger partial charge in [0.15, 0.2) is 0 Å². The normalized spacial score (nSPS) is 15.5. The Morgan fingerprint density at radius 2 is 2.10 bits per heavy atom. The minimum atomic E-state index is -0.225. The van der Waals surface area contributed by atoms with Crippen LogP contribution in [0.2, 0.25) is 0 Å². The van der Waals surface area contributed by atoms with Crippen LogP contribution in [0.5, 0.6) is 0 Å². The second-order valence-electron chi connectivity index (χ2n) is 4.97. The highest BCUT2D eigenvalue weighted by Crippen LogP contribution is 2.31. The molecule has 112 valence electrons. The van der Waals surface area contributed by atoms with Crippen LogP contribution in [0, 0.1) is 6.92 Å². The van der Waals surface area contributed by atoms with Crippen molar-refractivity contribution in [2.45, 2.75) is 13.8 Å². The number of thiophene rings is 1. The molecule has 2 aromatic heterocycles. The lowest BCUT2D eigenvalue weighted by molar-refractivity contribution is 0.105. The third-order valence-corrected chi connectivity index (χ3v) is 4.64. The summed E-state index contributed by atoms with van der Waals surface area (Å²) in [5, 5.41) is 3.24. The monoisotopic (exact) mass is 306 g/mol. The van der Waals surface area contributed by atoms with Crippen LogP contribution in [0.3, 0.4) is 0 Å². The summed E-state index contributed by atoms with van der Waals surface area (Å²) in [4.78, 5) is 25.5. The molecule has 1 fully saturated rings. The van der Waals surface area contributed by atoms with Gasteiger partial charge >= 0.3 is 6.09 Å². The molecular weight excluding hydrogens is 288 g/mol. The molecule has 6 nitrogen and oxygen atoms in total. The maximum absolute atomic E-state index is 11.7. The number of ether oxygens (including phenoxy) is 1. The van der Waals surface area contributed by atoms with E-state index in [9.17, 15) is 4.79 Å². The third kappa shape index (κ3) is 2.65. The van der Waals surface area contributed by atoms with Crippen molar-refractivity contribution in [2.24, 2.45) is 0 Å². The molecule has 7 heteroatoms. The second kappa shape index (κ2) is 5.85. The van der Waals surface area contributed by atoms with Gasteiger partial charge in [-0.3, -0.25) is 0 Å². The first-order valence-corrected chi connectivity index (χ1v) is 7.94. The fourth-order valence-corrected chi connectivity index (χ4v) is 3.44. The summed E-state index contributed by atoms with van der Waals surface area (Å²) < 4.78 is 5.04. The van der Waals surface area contributed by atoms with Crippen LogP contribution in [-0.4, -0.2) is 53.7 Å². The van der Waals surface area contributed by atoms with Gasteiger partial charge in [0.2, 0.25) is 0 Å². The largest absolute Gasteiger partial charge is 0.450 e. The fraction of sp³-hybridized carbons (Fsp3) is 0.500. The fourth-order valence-electron chi connectivity index (χ4n) is 2.55. The van der Waals surface area contributed by atoms with Crippen LogP contribution >= 0.6 is 11.3 Å². The van der Waals surface area contributed by atoms with Crippen LogP contribution in [0.15, 0.2) is 11.7 Å². The average Bonchev–Trinajstić information content (AvgIpc) is 2.89. The predicted octanol–water partition coefficient (Wildman–Crippen LogP) is 2.28. The summed E-state index contributed by atoms with van der Waals surface area (Å²) in [6.07, 6.45) is 1.39. The number of piperazine rings is 1. The van der Waals surface area contributed by atoms with Gasteiger partial charge in [0.25, 0.3) is 0 Å². The molecule has 0 saturated carbocycles. The number of nitrogens with zero attached hydrogens (tertiary/aromatic N) is 4. The highest BCUT2D eigenvalue weighted by Gasteiger charge is 2.24. The number of hydrogen-bond donors (Lipinski definition) is 0. The number of anilines is 1. The van der Waals surface area contributed by atoms with E-state index in [1.165, 1.54) is 5.56 Å². The molecule has 2 aromatic rings. The van der Waals surface area contributed by atoms with E-state index in [4.69, 9.17) is 4.74 Å². The first-order valence-electron chi connectivity index (χ1n) is 7.06. The number of rotatable bonds is 2. The summed E-state index contributed by atoms with van der Waals surface area (Å²) in [6, 6.07) is 0. The van der Waals surface area contributed by atoms with Crippen molar-refractivity contribution in [1.82, 2.24) is 14.9 Å². The van der Waals surface area contributed by atoms with Crippen molar-refractivity contribution in [3.8, 4) is 0 Å². The number of hydrogen-bond acceptors (Lipinski definition) is 6. The molecule has 0 unspecified atom stereocenters. The van der Waals surface area contributed by atoms with Crippen LogP contribution < -0.4 is 4.90 Å². The first kappa shape index (κ1) is 14.1. The van der Waals surface area contributed by atoms with E-state index in [-0.39, 0.29) is 6.09 Å². The van der Waals surface area contributed by atoms with Gasteiger partial charge in [-0.05, 0) is 24.8 Å². The number of aryl methyl sites for hydroxylation is 1. The molecule has 0 bridgehead atoms. The highest BCUT2D eigenvalue weighted by molar-refractivity contribution is 7.17. The van der Waals surface area contributed by atoms with E-state index < -0.39 is 0 Å². The lowest BCUT2D eigenvalue weighted by atomic mass is 10.2. The van der Waals surface area contributed by atoms with Crippen LogP contribution in [0.1, 0.15) is 12.5 Å². The molecule has 0 aliphatic carbocycles. The van der Waals surface area contributed by atoms with Gasteiger partial charge in [0.05, 0.1) is 12.0 Å². The molecule has 0 aromatic carbocycles. The SMILES string of the molecule is CCOC(=O)N1CCN(c2ncnc3scc(C)c23)CC1. The first-order chi connectivity index (χ1) is 10.2. The number of amides is 1. The number of fused-ring (bicyclic) bond motifs is 1. The van der Waals surface area contributed by atoms with E-state index >= 15 is 0 Å². The molecule has 1 aliphatic rings. The Balaban J connectivity index is 1.77.